The molecule has 1 saturated heterocycles. The third-order valence-corrected chi connectivity index (χ3v) is 2.38. The zero-order valence-corrected chi connectivity index (χ0v) is 8.07. The fourth-order valence-electron chi connectivity index (χ4n) is 1.10. The average molecular weight is 188 g/mol. The molecule has 4 heteroatoms. The summed E-state index contributed by atoms with van der Waals surface area (Å²) in [6, 6.07) is 0. The van der Waals surface area contributed by atoms with Crippen LogP contribution in [0.5, 0.6) is 0 Å². The smallest absolute Gasteiger partial charge is 0.133 e. The highest BCUT2D eigenvalue weighted by Gasteiger charge is 2.13. The van der Waals surface area contributed by atoms with Crippen molar-refractivity contribution in [3.63, 3.8) is 0 Å². The molecule has 0 radical (unpaired) electrons. The lowest BCUT2D eigenvalue weighted by atomic mass is 10.3. The molecule has 0 amide bonds. The summed E-state index contributed by atoms with van der Waals surface area (Å²) in [5, 5.41) is 0. The Morgan fingerprint density at radius 2 is 1.91 bits per heavy atom. The lowest BCUT2D eigenvalue weighted by Crippen LogP contribution is -2.44. The predicted molar refractivity (Wildman–Crippen MR) is 54.9 cm³/mol. The minimum atomic E-state index is 0.703. The minimum Gasteiger partial charge on any atom is -0.374 e. The number of piperazine rings is 1. The normalized spacial score (nSPS) is 18.3. The second-order valence-corrected chi connectivity index (χ2v) is 3.60. The van der Waals surface area contributed by atoms with Crippen LogP contribution >= 0.6 is 24.8 Å². The van der Waals surface area contributed by atoms with Crippen LogP contribution in [-0.4, -0.2) is 40.3 Å². The van der Waals surface area contributed by atoms with Gasteiger partial charge in [-0.3, -0.25) is 0 Å². The fourth-order valence-corrected chi connectivity index (χ4v) is 1.48. The van der Waals surface area contributed by atoms with Crippen molar-refractivity contribution in [3.8, 4) is 0 Å². The number of nitrogens with zero attached hydrogens (tertiary/aromatic N) is 2. The molecule has 1 fully saturated rings. The summed E-state index contributed by atoms with van der Waals surface area (Å²) in [4.78, 5) is 4.28. The van der Waals surface area contributed by atoms with E-state index in [1.165, 1.54) is 0 Å². The van der Waals surface area contributed by atoms with Gasteiger partial charge in [-0.2, -0.15) is 0 Å². The van der Waals surface area contributed by atoms with Gasteiger partial charge in [-0.15, -0.1) is 12.6 Å². The van der Waals surface area contributed by atoms with Crippen LogP contribution in [0.1, 0.15) is 0 Å². The molecule has 62 valence electrons. The van der Waals surface area contributed by atoms with Crippen LogP contribution in [0, 0.1) is 0 Å². The fraction of sp³-hybridized carbons (Fsp3) is 0.571. The Kier molecular flexibility index (Phi) is 3.20. The van der Waals surface area contributed by atoms with Crippen molar-refractivity contribution in [3.05, 3.63) is 12.8 Å². The monoisotopic (exact) mass is 188 g/mol. The summed E-state index contributed by atoms with van der Waals surface area (Å²) < 4.78 is 0.703. The van der Waals surface area contributed by atoms with E-state index in [4.69, 9.17) is 12.2 Å². The highest BCUT2D eigenvalue weighted by molar-refractivity contribution is 8.10. The molecule has 1 aliphatic heterocycles. The van der Waals surface area contributed by atoms with Crippen LogP contribution in [0.2, 0.25) is 0 Å². The second-order valence-electron chi connectivity index (χ2n) is 2.49. The van der Waals surface area contributed by atoms with Gasteiger partial charge in [0, 0.05) is 26.2 Å². The molecule has 2 nitrogen and oxygen atoms in total. The van der Waals surface area contributed by atoms with E-state index in [9.17, 15) is 0 Å². The minimum absolute atomic E-state index is 0.703. The molecular weight excluding hydrogens is 176 g/mol. The molecule has 11 heavy (non-hydrogen) atoms. The van der Waals surface area contributed by atoms with Crippen molar-refractivity contribution in [1.82, 2.24) is 9.80 Å². The molecule has 1 aliphatic rings. The first-order valence-corrected chi connectivity index (χ1v) is 4.44. The highest BCUT2D eigenvalue weighted by Crippen LogP contribution is 2.04. The van der Waals surface area contributed by atoms with Crippen molar-refractivity contribution in [2.24, 2.45) is 0 Å². The molecule has 0 saturated carbocycles. The Labute approximate surface area is 78.3 Å². The summed E-state index contributed by atoms with van der Waals surface area (Å²) in [6.07, 6.45) is 1.87. The third kappa shape index (κ3) is 2.38. The van der Waals surface area contributed by atoms with Crippen LogP contribution in [0.25, 0.3) is 0 Å². The van der Waals surface area contributed by atoms with Crippen LogP contribution in [-0.2, 0) is 0 Å². The van der Waals surface area contributed by atoms with Gasteiger partial charge in [0.25, 0.3) is 0 Å². The molecule has 0 bridgehead atoms. The molecule has 1 rings (SSSR count). The van der Waals surface area contributed by atoms with E-state index in [0.29, 0.717) is 4.32 Å². The Hall–Kier alpha value is -0.220. The van der Waals surface area contributed by atoms with Crippen molar-refractivity contribution in [2.45, 2.75) is 0 Å². The van der Waals surface area contributed by atoms with E-state index >= 15 is 0 Å². The SMILES string of the molecule is C=CN1CCN(C(=S)S)CC1. The Morgan fingerprint density at radius 1 is 1.36 bits per heavy atom. The highest BCUT2D eigenvalue weighted by atomic mass is 32.1. The van der Waals surface area contributed by atoms with E-state index in [1.54, 1.807) is 0 Å². The first-order valence-electron chi connectivity index (χ1n) is 3.58. The maximum absolute atomic E-state index is 4.94. The van der Waals surface area contributed by atoms with Gasteiger partial charge >= 0.3 is 0 Å². The van der Waals surface area contributed by atoms with Crippen LogP contribution in [0.4, 0.5) is 0 Å². The molecule has 0 spiro atoms. The number of thiocarbonyl (C=S) groups is 1. The van der Waals surface area contributed by atoms with E-state index in [1.807, 2.05) is 6.20 Å². The maximum atomic E-state index is 4.94. The Morgan fingerprint density at radius 3 is 2.27 bits per heavy atom. The summed E-state index contributed by atoms with van der Waals surface area (Å²) in [5.41, 5.74) is 0. The number of hydrogen-bond acceptors (Lipinski definition) is 2. The Balaban J connectivity index is 2.35. The number of thiol groups is 1. The van der Waals surface area contributed by atoms with Gasteiger partial charge < -0.3 is 9.80 Å². The molecule has 0 aromatic rings. The molecular formula is C7H12N2S2. The van der Waals surface area contributed by atoms with E-state index < -0.39 is 0 Å². The molecule has 0 aromatic heterocycles. The second kappa shape index (κ2) is 3.97. The predicted octanol–water partition coefficient (Wildman–Crippen LogP) is 0.962. The van der Waals surface area contributed by atoms with Crippen molar-refractivity contribution in [1.29, 1.82) is 0 Å². The maximum Gasteiger partial charge on any atom is 0.133 e. The molecule has 0 aromatic carbocycles. The van der Waals surface area contributed by atoms with Crippen molar-refractivity contribution < 1.29 is 0 Å². The van der Waals surface area contributed by atoms with Crippen LogP contribution < -0.4 is 0 Å². The number of rotatable bonds is 1. The van der Waals surface area contributed by atoms with Gasteiger partial charge in [-0.25, -0.2) is 0 Å². The van der Waals surface area contributed by atoms with Gasteiger partial charge in [0.2, 0.25) is 0 Å². The first-order chi connectivity index (χ1) is 5.24. The van der Waals surface area contributed by atoms with Crippen molar-refractivity contribution in [2.75, 3.05) is 26.2 Å². The first kappa shape index (κ1) is 8.87. The van der Waals surface area contributed by atoms with E-state index in [-0.39, 0.29) is 0 Å². The quantitative estimate of drug-likeness (QED) is 0.484. The summed E-state index contributed by atoms with van der Waals surface area (Å²) >= 11 is 9.05. The molecule has 0 N–H and O–H groups in total. The van der Waals surface area contributed by atoms with Crippen LogP contribution in [0.15, 0.2) is 12.8 Å². The summed E-state index contributed by atoms with van der Waals surface area (Å²) in [5.74, 6) is 0. The van der Waals surface area contributed by atoms with Crippen LogP contribution in [0.3, 0.4) is 0 Å². The van der Waals surface area contributed by atoms with Gasteiger partial charge in [0.1, 0.15) is 4.32 Å². The van der Waals surface area contributed by atoms with E-state index in [0.717, 1.165) is 26.2 Å². The Bertz CT molecular complexity index is 162. The van der Waals surface area contributed by atoms with Gasteiger partial charge in [-0.05, 0) is 6.20 Å². The zero-order valence-electron chi connectivity index (χ0n) is 6.36. The molecule has 0 unspecified atom stereocenters. The third-order valence-electron chi connectivity index (χ3n) is 1.84. The van der Waals surface area contributed by atoms with Gasteiger partial charge in [0.05, 0.1) is 0 Å². The topological polar surface area (TPSA) is 6.48 Å². The van der Waals surface area contributed by atoms with Gasteiger partial charge in [0.15, 0.2) is 0 Å². The number of hydrogen-bond donors (Lipinski definition) is 1. The largest absolute Gasteiger partial charge is 0.374 e. The lowest BCUT2D eigenvalue weighted by molar-refractivity contribution is 0.243. The lowest BCUT2D eigenvalue weighted by Gasteiger charge is -2.34. The molecule has 0 atom stereocenters. The van der Waals surface area contributed by atoms with Crippen molar-refractivity contribution >= 4 is 29.2 Å². The standard InChI is InChI=1S/C7H12N2S2/c1-2-8-3-5-9(6-4-8)7(10)11/h2H,1,3-6H2,(H,10,11). The average Bonchev–Trinajstić information content (AvgIpc) is 2.05. The molecule has 0 aliphatic carbocycles. The van der Waals surface area contributed by atoms with Gasteiger partial charge in [-0.1, -0.05) is 18.8 Å². The molecule has 1 heterocycles. The summed E-state index contributed by atoms with van der Waals surface area (Å²) in [7, 11) is 0. The van der Waals surface area contributed by atoms with E-state index in [2.05, 4.69) is 29.0 Å². The summed E-state index contributed by atoms with van der Waals surface area (Å²) in [6.45, 7) is 7.65. The zero-order chi connectivity index (χ0) is 8.27.